The monoisotopic (exact) mass is 366 g/mol. The molecular formula is C14H19BrN6O. The Morgan fingerprint density at radius 3 is 2.91 bits per heavy atom. The summed E-state index contributed by atoms with van der Waals surface area (Å²) in [7, 11) is 1.98. The van der Waals surface area contributed by atoms with E-state index in [-0.39, 0.29) is 0 Å². The van der Waals surface area contributed by atoms with E-state index >= 15 is 0 Å². The first-order valence-electron chi connectivity index (χ1n) is 7.36. The standard InChI is InChI=1S/C14H19BrN6O/c1-20-10-18-19-13(20)8-21-4-2-3-11(7-21)9-22-14-16-5-12(15)6-17-14/h5-6,10-11H,2-4,7-9H2,1H3. The van der Waals surface area contributed by atoms with Crippen LogP contribution in [0.4, 0.5) is 0 Å². The first-order chi connectivity index (χ1) is 10.7. The van der Waals surface area contributed by atoms with Crippen LogP contribution in [-0.4, -0.2) is 49.3 Å². The second-order valence-electron chi connectivity index (χ2n) is 5.60. The zero-order chi connectivity index (χ0) is 15.4. The van der Waals surface area contributed by atoms with Gasteiger partial charge < -0.3 is 9.30 Å². The second kappa shape index (κ2) is 7.15. The molecule has 0 saturated carbocycles. The molecule has 1 fully saturated rings. The minimum Gasteiger partial charge on any atom is -0.463 e. The summed E-state index contributed by atoms with van der Waals surface area (Å²) in [5, 5.41) is 8.08. The van der Waals surface area contributed by atoms with Gasteiger partial charge in [-0.2, -0.15) is 0 Å². The fraction of sp³-hybridized carbons (Fsp3) is 0.571. The maximum atomic E-state index is 5.70. The van der Waals surface area contributed by atoms with Gasteiger partial charge in [-0.05, 0) is 35.3 Å². The van der Waals surface area contributed by atoms with Crippen LogP contribution in [0.15, 0.2) is 23.2 Å². The van der Waals surface area contributed by atoms with Crippen molar-refractivity contribution in [1.82, 2.24) is 29.6 Å². The van der Waals surface area contributed by atoms with Crippen LogP contribution in [0.25, 0.3) is 0 Å². The van der Waals surface area contributed by atoms with E-state index in [1.54, 1.807) is 18.7 Å². The van der Waals surface area contributed by atoms with Crippen molar-refractivity contribution >= 4 is 15.9 Å². The van der Waals surface area contributed by atoms with Gasteiger partial charge >= 0.3 is 6.01 Å². The zero-order valence-electron chi connectivity index (χ0n) is 12.5. The van der Waals surface area contributed by atoms with Gasteiger partial charge in [0.05, 0.1) is 17.6 Å². The number of rotatable bonds is 5. The van der Waals surface area contributed by atoms with Gasteiger partial charge in [-0.15, -0.1) is 10.2 Å². The van der Waals surface area contributed by atoms with Crippen molar-refractivity contribution < 1.29 is 4.74 Å². The van der Waals surface area contributed by atoms with Crippen molar-refractivity contribution in [3.8, 4) is 6.01 Å². The lowest BCUT2D eigenvalue weighted by molar-refractivity contribution is 0.118. The van der Waals surface area contributed by atoms with E-state index in [4.69, 9.17) is 4.74 Å². The van der Waals surface area contributed by atoms with Gasteiger partial charge in [0.15, 0.2) is 0 Å². The molecular weight excluding hydrogens is 348 g/mol. The third-order valence-corrected chi connectivity index (χ3v) is 4.23. The molecule has 1 saturated heterocycles. The molecule has 0 amide bonds. The summed E-state index contributed by atoms with van der Waals surface area (Å²) in [5.41, 5.74) is 0. The smallest absolute Gasteiger partial charge is 0.316 e. The first kappa shape index (κ1) is 15.4. The van der Waals surface area contributed by atoms with E-state index in [1.165, 1.54) is 12.8 Å². The Balaban J connectivity index is 1.50. The van der Waals surface area contributed by atoms with Crippen LogP contribution in [0.2, 0.25) is 0 Å². The average Bonchev–Trinajstić information content (AvgIpc) is 2.92. The summed E-state index contributed by atoms with van der Waals surface area (Å²) in [4.78, 5) is 10.7. The molecule has 1 unspecified atom stereocenters. The van der Waals surface area contributed by atoms with E-state index in [1.807, 2.05) is 11.6 Å². The number of aryl methyl sites for hydroxylation is 1. The summed E-state index contributed by atoms with van der Waals surface area (Å²) < 4.78 is 8.53. The maximum absolute atomic E-state index is 5.70. The zero-order valence-corrected chi connectivity index (χ0v) is 14.1. The Morgan fingerprint density at radius 2 is 2.18 bits per heavy atom. The Kier molecular flexibility index (Phi) is 4.99. The summed E-state index contributed by atoms with van der Waals surface area (Å²) in [6.07, 6.45) is 7.48. The lowest BCUT2D eigenvalue weighted by atomic mass is 9.99. The minimum atomic E-state index is 0.439. The number of likely N-dealkylation sites (tertiary alicyclic amines) is 1. The second-order valence-corrected chi connectivity index (χ2v) is 6.51. The molecule has 0 spiro atoms. The molecule has 1 aliphatic heterocycles. The topological polar surface area (TPSA) is 69.0 Å². The van der Waals surface area contributed by atoms with Crippen LogP contribution < -0.4 is 4.74 Å². The SMILES string of the molecule is Cn1cnnc1CN1CCCC(COc2ncc(Br)cn2)C1. The summed E-state index contributed by atoms with van der Waals surface area (Å²) >= 11 is 3.31. The molecule has 118 valence electrons. The van der Waals surface area contributed by atoms with Gasteiger partial charge in [-0.3, -0.25) is 4.90 Å². The molecule has 1 aliphatic rings. The number of halogens is 1. The van der Waals surface area contributed by atoms with Gasteiger partial charge in [0.2, 0.25) is 0 Å². The molecule has 2 aromatic rings. The molecule has 0 bridgehead atoms. The number of ether oxygens (including phenoxy) is 1. The Bertz CT molecular complexity index is 602. The van der Waals surface area contributed by atoms with Crippen molar-refractivity contribution in [3.63, 3.8) is 0 Å². The van der Waals surface area contributed by atoms with Crippen LogP contribution in [0.1, 0.15) is 18.7 Å². The van der Waals surface area contributed by atoms with E-state index in [0.717, 1.165) is 29.9 Å². The van der Waals surface area contributed by atoms with Crippen LogP contribution in [0, 0.1) is 5.92 Å². The largest absolute Gasteiger partial charge is 0.463 e. The van der Waals surface area contributed by atoms with Crippen molar-refractivity contribution in [3.05, 3.63) is 29.0 Å². The highest BCUT2D eigenvalue weighted by molar-refractivity contribution is 9.10. The highest BCUT2D eigenvalue weighted by atomic mass is 79.9. The predicted octanol–water partition coefficient (Wildman–Crippen LogP) is 1.66. The minimum absolute atomic E-state index is 0.439. The average molecular weight is 367 g/mol. The van der Waals surface area contributed by atoms with Crippen LogP contribution >= 0.6 is 15.9 Å². The Hall–Kier alpha value is -1.54. The van der Waals surface area contributed by atoms with E-state index in [0.29, 0.717) is 18.5 Å². The molecule has 0 aliphatic carbocycles. The molecule has 22 heavy (non-hydrogen) atoms. The van der Waals surface area contributed by atoms with Crippen molar-refractivity contribution in [2.24, 2.45) is 13.0 Å². The van der Waals surface area contributed by atoms with Gasteiger partial charge in [-0.1, -0.05) is 0 Å². The summed E-state index contributed by atoms with van der Waals surface area (Å²) in [6, 6.07) is 0.439. The lowest BCUT2D eigenvalue weighted by Crippen LogP contribution is -2.37. The number of hydrogen-bond acceptors (Lipinski definition) is 6. The van der Waals surface area contributed by atoms with Crippen LogP contribution in [-0.2, 0) is 13.6 Å². The van der Waals surface area contributed by atoms with E-state index in [9.17, 15) is 0 Å². The molecule has 0 radical (unpaired) electrons. The van der Waals surface area contributed by atoms with Gasteiger partial charge in [-0.25, -0.2) is 9.97 Å². The quantitative estimate of drug-likeness (QED) is 0.801. The first-order valence-corrected chi connectivity index (χ1v) is 8.15. The normalized spacial score (nSPS) is 19.3. The maximum Gasteiger partial charge on any atom is 0.316 e. The van der Waals surface area contributed by atoms with Gasteiger partial charge in [0.1, 0.15) is 12.2 Å². The molecule has 2 aromatic heterocycles. The molecule has 3 rings (SSSR count). The van der Waals surface area contributed by atoms with E-state index < -0.39 is 0 Å². The summed E-state index contributed by atoms with van der Waals surface area (Å²) in [5.74, 6) is 1.49. The molecule has 0 aromatic carbocycles. The predicted molar refractivity (Wildman–Crippen MR) is 84.2 cm³/mol. The van der Waals surface area contributed by atoms with Crippen molar-refractivity contribution in [2.45, 2.75) is 19.4 Å². The highest BCUT2D eigenvalue weighted by Crippen LogP contribution is 2.19. The lowest BCUT2D eigenvalue weighted by Gasteiger charge is -2.31. The third-order valence-electron chi connectivity index (χ3n) is 3.82. The summed E-state index contributed by atoms with van der Waals surface area (Å²) in [6.45, 7) is 3.58. The number of hydrogen-bond donors (Lipinski definition) is 0. The van der Waals surface area contributed by atoms with Gasteiger partial charge in [0, 0.05) is 31.9 Å². The molecule has 1 atom stereocenters. The highest BCUT2D eigenvalue weighted by Gasteiger charge is 2.22. The molecule has 8 heteroatoms. The fourth-order valence-electron chi connectivity index (χ4n) is 2.65. The number of nitrogens with zero attached hydrogens (tertiary/aromatic N) is 6. The van der Waals surface area contributed by atoms with Crippen molar-refractivity contribution in [2.75, 3.05) is 19.7 Å². The van der Waals surface area contributed by atoms with Crippen molar-refractivity contribution in [1.29, 1.82) is 0 Å². The molecule has 3 heterocycles. The van der Waals surface area contributed by atoms with Crippen LogP contribution in [0.5, 0.6) is 6.01 Å². The fourth-order valence-corrected chi connectivity index (χ4v) is 2.85. The number of piperidine rings is 1. The Labute approximate surface area is 137 Å². The Morgan fingerprint density at radius 1 is 1.36 bits per heavy atom. The van der Waals surface area contributed by atoms with Crippen LogP contribution in [0.3, 0.4) is 0 Å². The number of aromatic nitrogens is 5. The van der Waals surface area contributed by atoms with E-state index in [2.05, 4.69) is 41.0 Å². The third kappa shape index (κ3) is 4.01. The molecule has 7 nitrogen and oxygen atoms in total. The molecule has 0 N–H and O–H groups in total. The van der Waals surface area contributed by atoms with Gasteiger partial charge in [0.25, 0.3) is 0 Å².